The number of hydrogen-bond donors (Lipinski definition) is 1. The maximum absolute atomic E-state index is 3.98. The minimum absolute atomic E-state index is 0.866. The first-order valence-electron chi connectivity index (χ1n) is 9.56. The Bertz CT molecular complexity index is 305. The lowest BCUT2D eigenvalue weighted by atomic mass is 9.50. The summed E-state index contributed by atoms with van der Waals surface area (Å²) in [5, 5.41) is 3.98. The smallest absolute Gasteiger partial charge is 0.0101 e. The van der Waals surface area contributed by atoms with Crippen LogP contribution in [0.4, 0.5) is 0 Å². The van der Waals surface area contributed by atoms with Crippen molar-refractivity contribution in [2.45, 2.75) is 77.2 Å². The second kappa shape index (κ2) is 5.63. The van der Waals surface area contributed by atoms with Crippen molar-refractivity contribution >= 4 is 0 Å². The molecule has 1 atom stereocenters. The van der Waals surface area contributed by atoms with Crippen LogP contribution in [0.5, 0.6) is 0 Å². The largest absolute Gasteiger partial charge is 0.314 e. The van der Waals surface area contributed by atoms with Crippen molar-refractivity contribution < 1.29 is 0 Å². The molecule has 0 amide bonds. The molecule has 0 aromatic heterocycles. The third-order valence-electron chi connectivity index (χ3n) is 7.00. The van der Waals surface area contributed by atoms with Gasteiger partial charge in [0.1, 0.15) is 0 Å². The van der Waals surface area contributed by atoms with E-state index in [0.29, 0.717) is 0 Å². The Balaban J connectivity index is 1.43. The van der Waals surface area contributed by atoms with Crippen molar-refractivity contribution in [2.75, 3.05) is 6.54 Å². The predicted molar refractivity (Wildman–Crippen MR) is 84.6 cm³/mol. The average molecular weight is 275 g/mol. The molecule has 5 fully saturated rings. The molecule has 0 spiro atoms. The van der Waals surface area contributed by atoms with E-state index in [4.69, 9.17) is 0 Å². The molecular formula is C19H33N. The zero-order valence-electron chi connectivity index (χ0n) is 13.3. The van der Waals surface area contributed by atoms with E-state index in [-0.39, 0.29) is 0 Å². The van der Waals surface area contributed by atoms with Crippen molar-refractivity contribution in [3.8, 4) is 0 Å². The highest BCUT2D eigenvalue weighted by molar-refractivity contribution is 5.01. The van der Waals surface area contributed by atoms with Crippen LogP contribution in [0.25, 0.3) is 0 Å². The summed E-state index contributed by atoms with van der Waals surface area (Å²) < 4.78 is 0. The van der Waals surface area contributed by atoms with Crippen LogP contribution in [0, 0.1) is 35.5 Å². The standard InChI is InChI=1S/C19H33N/c1-2-7-20-18(6-5-13-3-4-13)19-16-9-14-8-15(11-16)12-17(19)10-14/h13-20H,2-12H2,1H3. The van der Waals surface area contributed by atoms with Gasteiger partial charge in [-0.15, -0.1) is 0 Å². The summed E-state index contributed by atoms with van der Waals surface area (Å²) in [6, 6.07) is 0.866. The van der Waals surface area contributed by atoms with Crippen molar-refractivity contribution in [3.05, 3.63) is 0 Å². The van der Waals surface area contributed by atoms with Crippen molar-refractivity contribution in [1.82, 2.24) is 5.32 Å². The van der Waals surface area contributed by atoms with Gasteiger partial charge in [0.15, 0.2) is 0 Å². The van der Waals surface area contributed by atoms with E-state index in [1.165, 1.54) is 38.6 Å². The molecular weight excluding hydrogens is 242 g/mol. The maximum atomic E-state index is 3.98. The molecule has 1 nitrogen and oxygen atoms in total. The zero-order chi connectivity index (χ0) is 13.5. The molecule has 0 aromatic carbocycles. The fourth-order valence-electron chi connectivity index (χ4n) is 6.21. The van der Waals surface area contributed by atoms with Crippen LogP contribution >= 0.6 is 0 Å². The first-order chi connectivity index (χ1) is 9.83. The Morgan fingerprint density at radius 3 is 2.15 bits per heavy atom. The molecule has 0 radical (unpaired) electrons. The van der Waals surface area contributed by atoms with Gasteiger partial charge < -0.3 is 5.32 Å². The Morgan fingerprint density at radius 1 is 0.950 bits per heavy atom. The summed E-state index contributed by atoms with van der Waals surface area (Å²) in [6.07, 6.45) is 15.3. The van der Waals surface area contributed by atoms with Crippen molar-refractivity contribution in [3.63, 3.8) is 0 Å². The van der Waals surface area contributed by atoms with E-state index >= 15 is 0 Å². The van der Waals surface area contributed by atoms with Gasteiger partial charge in [-0.25, -0.2) is 0 Å². The molecule has 0 aromatic rings. The van der Waals surface area contributed by atoms with Gasteiger partial charge in [-0.1, -0.05) is 19.8 Å². The Hall–Kier alpha value is -0.0400. The molecule has 0 saturated heterocycles. The zero-order valence-corrected chi connectivity index (χ0v) is 13.3. The SMILES string of the molecule is CCCNC(CCC1CC1)C1C2CC3CC(C2)CC1C3. The summed E-state index contributed by atoms with van der Waals surface area (Å²) in [4.78, 5) is 0. The Morgan fingerprint density at radius 2 is 1.60 bits per heavy atom. The molecule has 4 bridgehead atoms. The van der Waals surface area contributed by atoms with Crippen LogP contribution in [0.3, 0.4) is 0 Å². The first kappa shape index (κ1) is 13.6. The average Bonchev–Trinajstić information content (AvgIpc) is 3.23. The van der Waals surface area contributed by atoms with Gasteiger partial charge >= 0.3 is 0 Å². The molecule has 5 saturated carbocycles. The molecule has 1 N–H and O–H groups in total. The number of hydrogen-bond acceptors (Lipinski definition) is 1. The minimum Gasteiger partial charge on any atom is -0.314 e. The molecule has 114 valence electrons. The number of nitrogens with one attached hydrogen (secondary N) is 1. The minimum atomic E-state index is 0.866. The summed E-state index contributed by atoms with van der Waals surface area (Å²) in [5.74, 6) is 6.61. The highest BCUT2D eigenvalue weighted by Crippen LogP contribution is 2.57. The lowest BCUT2D eigenvalue weighted by Gasteiger charge is -2.56. The molecule has 20 heavy (non-hydrogen) atoms. The van der Waals surface area contributed by atoms with Gasteiger partial charge in [-0.2, -0.15) is 0 Å². The van der Waals surface area contributed by atoms with E-state index < -0.39 is 0 Å². The third kappa shape index (κ3) is 2.67. The van der Waals surface area contributed by atoms with Gasteiger partial charge in [0.2, 0.25) is 0 Å². The van der Waals surface area contributed by atoms with Crippen LogP contribution in [-0.2, 0) is 0 Å². The fourth-order valence-corrected chi connectivity index (χ4v) is 6.21. The van der Waals surface area contributed by atoms with Gasteiger partial charge in [0.05, 0.1) is 0 Å². The molecule has 1 heteroatoms. The topological polar surface area (TPSA) is 12.0 Å². The molecule has 0 heterocycles. The van der Waals surface area contributed by atoms with Gasteiger partial charge in [-0.05, 0) is 93.4 Å². The second-order valence-corrected chi connectivity index (χ2v) is 8.59. The van der Waals surface area contributed by atoms with Gasteiger partial charge in [-0.3, -0.25) is 0 Å². The van der Waals surface area contributed by atoms with E-state index in [0.717, 1.165) is 41.5 Å². The lowest BCUT2D eigenvalue weighted by molar-refractivity contribution is -0.0532. The lowest BCUT2D eigenvalue weighted by Crippen LogP contribution is -2.53. The number of rotatable bonds is 7. The van der Waals surface area contributed by atoms with Crippen LogP contribution < -0.4 is 5.32 Å². The van der Waals surface area contributed by atoms with E-state index in [2.05, 4.69) is 12.2 Å². The monoisotopic (exact) mass is 275 g/mol. The van der Waals surface area contributed by atoms with Gasteiger partial charge in [0.25, 0.3) is 0 Å². The quantitative estimate of drug-likeness (QED) is 0.715. The van der Waals surface area contributed by atoms with E-state index in [9.17, 15) is 0 Å². The summed E-state index contributed by atoms with van der Waals surface area (Å²) in [6.45, 7) is 3.57. The normalized spacial score (nSPS) is 44.0. The molecule has 0 aliphatic heterocycles. The van der Waals surface area contributed by atoms with Crippen LogP contribution in [0.2, 0.25) is 0 Å². The molecule has 5 aliphatic rings. The van der Waals surface area contributed by atoms with Crippen molar-refractivity contribution in [2.24, 2.45) is 35.5 Å². The van der Waals surface area contributed by atoms with E-state index in [1.807, 2.05) is 0 Å². The van der Waals surface area contributed by atoms with Crippen LogP contribution in [0.1, 0.15) is 71.1 Å². The summed E-state index contributed by atoms with van der Waals surface area (Å²) in [7, 11) is 0. The molecule has 5 aliphatic carbocycles. The Labute approximate surface area is 125 Å². The highest BCUT2D eigenvalue weighted by Gasteiger charge is 2.50. The predicted octanol–water partition coefficient (Wildman–Crippen LogP) is 4.62. The second-order valence-electron chi connectivity index (χ2n) is 8.59. The van der Waals surface area contributed by atoms with Crippen molar-refractivity contribution in [1.29, 1.82) is 0 Å². The molecule has 1 unspecified atom stereocenters. The first-order valence-corrected chi connectivity index (χ1v) is 9.56. The summed E-state index contributed by atoms with van der Waals surface area (Å²) >= 11 is 0. The van der Waals surface area contributed by atoms with E-state index in [1.54, 1.807) is 32.1 Å². The Kier molecular flexibility index (Phi) is 3.83. The van der Waals surface area contributed by atoms with Crippen LogP contribution in [0.15, 0.2) is 0 Å². The summed E-state index contributed by atoms with van der Waals surface area (Å²) in [5.41, 5.74) is 0. The molecule has 5 rings (SSSR count). The highest BCUT2D eigenvalue weighted by atomic mass is 14.9. The third-order valence-corrected chi connectivity index (χ3v) is 7.00. The van der Waals surface area contributed by atoms with Gasteiger partial charge in [0, 0.05) is 6.04 Å². The van der Waals surface area contributed by atoms with Crippen LogP contribution in [-0.4, -0.2) is 12.6 Å². The maximum Gasteiger partial charge on any atom is 0.0101 e. The fraction of sp³-hybridized carbons (Fsp3) is 1.00.